The van der Waals surface area contributed by atoms with Gasteiger partial charge in [0.2, 0.25) is 27.7 Å². The molecule has 3 aliphatic heterocycles. The van der Waals surface area contributed by atoms with Gasteiger partial charge in [-0.05, 0) is 68.2 Å². The Morgan fingerprint density at radius 2 is 1.60 bits per heavy atom. The van der Waals surface area contributed by atoms with Gasteiger partial charge in [-0.2, -0.15) is 0 Å². The number of nitrogens with one attached hydrogen (secondary N) is 2. The zero-order chi connectivity index (χ0) is 39.3. The first-order valence-corrected chi connectivity index (χ1v) is 21.4. The number of piperidine rings is 1. The molecule has 0 bridgehead atoms. The van der Waals surface area contributed by atoms with E-state index >= 15 is 0 Å². The standard InChI is InChI=1S/C40H49N5O8S2/c1-5-25-23-40(25,37(49)42-55(51,52)27-17-18-27)41-35(47)31-21-26(24-44(31)36(48)28(39(2,3)4)22-34(46)43-19-11-6-12-20-43)53-38(50)45-29-13-7-9-15-32(29)54-33-16-10-8-14-30(33)45/h5,7-10,13-16,25-28,31H,1,6,11-12,17-24H2,2-4H3,(H,41,47)(H,42,49)/t25?,26-,28-,31+,40?/m1/s1. The number of nitrogens with zero attached hydrogens (tertiary/aromatic N) is 3. The molecule has 2 aliphatic carbocycles. The maximum atomic E-state index is 14.7. The first-order valence-electron chi connectivity index (χ1n) is 19.1. The number of benzene rings is 2. The third-order valence-electron chi connectivity index (χ3n) is 11.4. The van der Waals surface area contributed by atoms with Crippen LogP contribution in [0.3, 0.4) is 0 Å². The normalized spacial score (nSPS) is 25.2. The number of likely N-dealkylation sites (tertiary alicyclic amines) is 2. The van der Waals surface area contributed by atoms with Crippen LogP contribution in [0.2, 0.25) is 0 Å². The van der Waals surface area contributed by atoms with Crippen LogP contribution >= 0.6 is 11.8 Å². The summed E-state index contributed by atoms with van der Waals surface area (Å²) in [5, 5.41) is 2.15. The predicted octanol–water partition coefficient (Wildman–Crippen LogP) is 5.13. The van der Waals surface area contributed by atoms with E-state index in [0.29, 0.717) is 37.3 Å². The topological polar surface area (TPSA) is 162 Å². The smallest absolute Gasteiger partial charge is 0.419 e. The molecule has 5 atom stereocenters. The Morgan fingerprint density at radius 3 is 2.16 bits per heavy atom. The zero-order valence-electron chi connectivity index (χ0n) is 31.5. The Balaban J connectivity index is 1.16. The fourth-order valence-corrected chi connectivity index (χ4v) is 10.3. The second-order valence-electron chi connectivity index (χ2n) is 16.4. The Morgan fingerprint density at radius 1 is 0.982 bits per heavy atom. The molecule has 3 heterocycles. The number of para-hydroxylation sites is 2. The van der Waals surface area contributed by atoms with Crippen LogP contribution in [0, 0.1) is 17.3 Å². The van der Waals surface area contributed by atoms with Gasteiger partial charge < -0.3 is 19.9 Å². The van der Waals surface area contributed by atoms with Gasteiger partial charge in [0.1, 0.15) is 17.7 Å². The van der Waals surface area contributed by atoms with Gasteiger partial charge in [0.05, 0.1) is 29.1 Å². The SMILES string of the molecule is C=CC1CC1(NC(=O)[C@@H]1C[C@@H](OC(=O)N2c3ccccc3Sc3ccccc32)CN1C(=O)[C@@H](CC(=O)N1CCCCC1)C(C)(C)C)C(=O)NS(=O)(=O)C1CC1. The number of ether oxygens (including phenoxy) is 1. The summed E-state index contributed by atoms with van der Waals surface area (Å²) in [6, 6.07) is 13.7. The highest BCUT2D eigenvalue weighted by atomic mass is 32.2. The minimum Gasteiger partial charge on any atom is -0.444 e. The quantitative estimate of drug-likeness (QED) is 0.311. The second-order valence-corrected chi connectivity index (χ2v) is 19.4. The molecule has 15 heteroatoms. The molecule has 7 rings (SSSR count). The Kier molecular flexibility index (Phi) is 10.6. The van der Waals surface area contributed by atoms with Crippen molar-refractivity contribution in [2.24, 2.45) is 17.3 Å². The summed E-state index contributed by atoms with van der Waals surface area (Å²) in [4.78, 5) is 76.8. The van der Waals surface area contributed by atoms with Gasteiger partial charge in [0.15, 0.2) is 0 Å². The van der Waals surface area contributed by atoms with Crippen LogP contribution < -0.4 is 14.9 Å². The summed E-state index contributed by atoms with van der Waals surface area (Å²) in [7, 11) is -3.91. The monoisotopic (exact) mass is 791 g/mol. The van der Waals surface area contributed by atoms with Crippen molar-refractivity contribution < 1.29 is 37.1 Å². The van der Waals surface area contributed by atoms with Crippen molar-refractivity contribution in [3.63, 3.8) is 0 Å². The molecule has 55 heavy (non-hydrogen) atoms. The maximum absolute atomic E-state index is 14.7. The summed E-state index contributed by atoms with van der Waals surface area (Å²) in [5.74, 6) is -3.45. The molecular weight excluding hydrogens is 743 g/mol. The lowest BCUT2D eigenvalue weighted by atomic mass is 9.77. The van der Waals surface area contributed by atoms with Gasteiger partial charge in [0, 0.05) is 41.6 Å². The van der Waals surface area contributed by atoms with E-state index in [1.54, 1.807) is 4.90 Å². The fraction of sp³-hybridized carbons (Fsp3) is 0.525. The number of carbonyl (C=O) groups excluding carboxylic acids is 5. The van der Waals surface area contributed by atoms with E-state index in [1.807, 2.05) is 69.3 Å². The van der Waals surface area contributed by atoms with Crippen LogP contribution in [-0.2, 0) is 33.9 Å². The minimum absolute atomic E-state index is 0.0550. The maximum Gasteiger partial charge on any atom is 0.419 e. The molecule has 5 aliphatic rings. The Hall–Kier alpha value is -4.37. The van der Waals surface area contributed by atoms with Crippen molar-refractivity contribution in [3.8, 4) is 0 Å². The van der Waals surface area contributed by atoms with Crippen LogP contribution in [-0.4, -0.2) is 90.5 Å². The Labute approximate surface area is 326 Å². The van der Waals surface area contributed by atoms with Crippen LogP contribution in [0.4, 0.5) is 16.2 Å². The number of carbonyl (C=O) groups is 5. The molecule has 2 aromatic carbocycles. The van der Waals surface area contributed by atoms with Crippen LogP contribution in [0.15, 0.2) is 71.0 Å². The van der Waals surface area contributed by atoms with Gasteiger partial charge in [-0.25, -0.2) is 18.1 Å². The van der Waals surface area contributed by atoms with Crippen molar-refractivity contribution in [3.05, 3.63) is 61.2 Å². The lowest BCUT2D eigenvalue weighted by Crippen LogP contribution is -2.57. The lowest BCUT2D eigenvalue weighted by molar-refractivity contribution is -0.148. The van der Waals surface area contributed by atoms with E-state index in [0.717, 1.165) is 29.1 Å². The number of anilines is 2. The molecule has 5 amide bonds. The highest BCUT2D eigenvalue weighted by Crippen LogP contribution is 2.49. The van der Waals surface area contributed by atoms with E-state index in [-0.39, 0.29) is 31.7 Å². The van der Waals surface area contributed by atoms with E-state index in [9.17, 15) is 32.4 Å². The Bertz CT molecular complexity index is 1960. The largest absolute Gasteiger partial charge is 0.444 e. The minimum atomic E-state index is -3.91. The molecule has 2 saturated carbocycles. The zero-order valence-corrected chi connectivity index (χ0v) is 33.1. The molecule has 2 saturated heterocycles. The summed E-state index contributed by atoms with van der Waals surface area (Å²) in [6.45, 7) is 10.6. The van der Waals surface area contributed by atoms with E-state index in [1.165, 1.54) is 27.6 Å². The molecule has 13 nitrogen and oxygen atoms in total. The van der Waals surface area contributed by atoms with Crippen molar-refractivity contribution in [1.29, 1.82) is 0 Å². The van der Waals surface area contributed by atoms with Gasteiger partial charge in [0.25, 0.3) is 5.91 Å². The number of fused-ring (bicyclic) bond motifs is 2. The van der Waals surface area contributed by atoms with E-state index in [4.69, 9.17) is 4.74 Å². The number of rotatable bonds is 10. The summed E-state index contributed by atoms with van der Waals surface area (Å²) >= 11 is 1.54. The van der Waals surface area contributed by atoms with Crippen LogP contribution in [0.1, 0.15) is 72.1 Å². The van der Waals surface area contributed by atoms with Crippen molar-refractivity contribution in [1.82, 2.24) is 19.8 Å². The first-order chi connectivity index (χ1) is 26.1. The molecule has 0 aromatic heterocycles. The molecule has 4 fully saturated rings. The lowest BCUT2D eigenvalue weighted by Gasteiger charge is -2.36. The third-order valence-corrected chi connectivity index (χ3v) is 14.4. The van der Waals surface area contributed by atoms with Crippen LogP contribution in [0.5, 0.6) is 0 Å². The molecule has 2 N–H and O–H groups in total. The third kappa shape index (κ3) is 7.87. The first kappa shape index (κ1) is 38.9. The average Bonchev–Trinajstić information content (AvgIpc) is 4.09. The number of hydrogen-bond acceptors (Lipinski definition) is 9. The number of amides is 5. The van der Waals surface area contributed by atoms with E-state index in [2.05, 4.69) is 16.6 Å². The van der Waals surface area contributed by atoms with E-state index < -0.39 is 74.0 Å². The molecule has 0 radical (unpaired) electrons. The summed E-state index contributed by atoms with van der Waals surface area (Å²) in [5.41, 5.74) is -0.978. The van der Waals surface area contributed by atoms with Gasteiger partial charge in [-0.1, -0.05) is 62.9 Å². The summed E-state index contributed by atoms with van der Waals surface area (Å²) in [6.07, 6.45) is 3.64. The number of hydrogen-bond donors (Lipinski definition) is 2. The highest BCUT2D eigenvalue weighted by molar-refractivity contribution is 7.99. The number of sulfonamides is 1. The molecule has 2 unspecified atom stereocenters. The molecule has 0 spiro atoms. The average molecular weight is 792 g/mol. The van der Waals surface area contributed by atoms with Gasteiger partial charge in [-0.3, -0.25) is 23.9 Å². The van der Waals surface area contributed by atoms with Gasteiger partial charge in [-0.15, -0.1) is 6.58 Å². The molecular formula is C40H49N5O8S2. The predicted molar refractivity (Wildman–Crippen MR) is 207 cm³/mol. The second kappa shape index (κ2) is 14.9. The van der Waals surface area contributed by atoms with Crippen LogP contribution in [0.25, 0.3) is 0 Å². The van der Waals surface area contributed by atoms with Crippen molar-refractivity contribution in [2.45, 2.75) is 105 Å². The van der Waals surface area contributed by atoms with Crippen molar-refractivity contribution >= 4 is 62.9 Å². The molecule has 294 valence electrons. The van der Waals surface area contributed by atoms with Gasteiger partial charge >= 0.3 is 6.09 Å². The summed E-state index contributed by atoms with van der Waals surface area (Å²) < 4.78 is 33.8. The highest BCUT2D eigenvalue weighted by Gasteiger charge is 2.62. The molecule has 2 aromatic rings. The fourth-order valence-electron chi connectivity index (χ4n) is 7.90. The van der Waals surface area contributed by atoms with Crippen molar-refractivity contribution in [2.75, 3.05) is 24.5 Å².